The molecule has 0 aromatic carbocycles. The molecule has 0 aliphatic carbocycles. The number of aromatic amines is 1. The number of nitrogens with zero attached hydrogens (tertiary/aromatic N) is 3. The van der Waals surface area contributed by atoms with Gasteiger partial charge in [0.05, 0.1) is 7.11 Å². The zero-order valence-electron chi connectivity index (χ0n) is 11.0. The standard InChI is InChI=1S/C12H17N5OS/c1-8-7-17(5-4-13-8)12-14-11(15-16-12)10-9(18-2)3-6-19-10/h3,6,8,13H,4-5,7H2,1-2H3,(H,14,15,16)/t8-/m0/s1. The van der Waals surface area contributed by atoms with Gasteiger partial charge in [0.25, 0.3) is 0 Å². The van der Waals surface area contributed by atoms with Crippen molar-refractivity contribution in [3.63, 3.8) is 0 Å². The van der Waals surface area contributed by atoms with Gasteiger partial charge in [-0.05, 0) is 18.4 Å². The summed E-state index contributed by atoms with van der Waals surface area (Å²) in [5, 5.41) is 12.7. The van der Waals surface area contributed by atoms with Crippen LogP contribution in [-0.2, 0) is 0 Å². The Kier molecular flexibility index (Phi) is 3.39. The van der Waals surface area contributed by atoms with Gasteiger partial charge in [-0.2, -0.15) is 4.98 Å². The van der Waals surface area contributed by atoms with Crippen LogP contribution in [0.4, 0.5) is 5.95 Å². The molecule has 1 aliphatic rings. The Bertz CT molecular complexity index is 552. The number of aromatic nitrogens is 3. The molecule has 1 atom stereocenters. The molecule has 0 radical (unpaired) electrons. The van der Waals surface area contributed by atoms with Crippen LogP contribution in [0, 0.1) is 0 Å². The molecule has 3 heterocycles. The Hall–Kier alpha value is -1.60. The van der Waals surface area contributed by atoms with Crippen molar-refractivity contribution in [1.29, 1.82) is 0 Å². The Morgan fingerprint density at radius 1 is 1.53 bits per heavy atom. The highest BCUT2D eigenvalue weighted by atomic mass is 32.1. The van der Waals surface area contributed by atoms with Crippen molar-refractivity contribution in [1.82, 2.24) is 20.5 Å². The Morgan fingerprint density at radius 3 is 3.21 bits per heavy atom. The van der Waals surface area contributed by atoms with E-state index in [1.807, 2.05) is 11.4 Å². The first kappa shape index (κ1) is 12.4. The third-order valence-corrected chi connectivity index (χ3v) is 4.09. The molecular formula is C12H17N5OS. The Morgan fingerprint density at radius 2 is 2.42 bits per heavy atom. The lowest BCUT2D eigenvalue weighted by Gasteiger charge is -2.30. The van der Waals surface area contributed by atoms with Crippen molar-refractivity contribution >= 4 is 17.3 Å². The lowest BCUT2D eigenvalue weighted by atomic mass is 10.2. The molecule has 1 fully saturated rings. The molecule has 3 rings (SSSR count). The second kappa shape index (κ2) is 5.18. The third-order valence-electron chi connectivity index (χ3n) is 3.19. The van der Waals surface area contributed by atoms with E-state index in [2.05, 4.69) is 32.3 Å². The largest absolute Gasteiger partial charge is 0.495 e. The number of hydrogen-bond donors (Lipinski definition) is 2. The molecule has 6 nitrogen and oxygen atoms in total. The first-order valence-electron chi connectivity index (χ1n) is 6.30. The van der Waals surface area contributed by atoms with E-state index in [0.717, 1.165) is 42.0 Å². The number of hydrogen-bond acceptors (Lipinski definition) is 6. The van der Waals surface area contributed by atoms with Crippen molar-refractivity contribution < 1.29 is 4.74 Å². The predicted octanol–water partition coefficient (Wildman–Crippen LogP) is 1.34. The Labute approximate surface area is 115 Å². The fourth-order valence-electron chi connectivity index (χ4n) is 2.24. The Balaban J connectivity index is 1.83. The van der Waals surface area contributed by atoms with Crippen LogP contribution in [0.1, 0.15) is 6.92 Å². The zero-order valence-corrected chi connectivity index (χ0v) is 11.8. The maximum absolute atomic E-state index is 5.31. The summed E-state index contributed by atoms with van der Waals surface area (Å²) in [7, 11) is 1.67. The molecule has 19 heavy (non-hydrogen) atoms. The molecule has 1 saturated heterocycles. The molecule has 0 bridgehead atoms. The molecule has 2 aromatic heterocycles. The first-order valence-corrected chi connectivity index (χ1v) is 7.18. The highest BCUT2D eigenvalue weighted by Crippen LogP contribution is 2.33. The number of piperazine rings is 1. The van der Waals surface area contributed by atoms with E-state index in [9.17, 15) is 0 Å². The summed E-state index contributed by atoms with van der Waals surface area (Å²) in [6, 6.07) is 2.40. The van der Waals surface area contributed by atoms with E-state index in [4.69, 9.17) is 4.74 Å². The van der Waals surface area contributed by atoms with Gasteiger partial charge in [-0.15, -0.1) is 16.4 Å². The summed E-state index contributed by atoms with van der Waals surface area (Å²) in [6.45, 7) is 5.00. The van der Waals surface area contributed by atoms with Gasteiger partial charge in [0.2, 0.25) is 5.95 Å². The first-order chi connectivity index (χ1) is 9.28. The maximum atomic E-state index is 5.31. The second-order valence-electron chi connectivity index (χ2n) is 4.60. The maximum Gasteiger partial charge on any atom is 0.245 e. The number of nitrogens with one attached hydrogen (secondary N) is 2. The molecule has 2 aromatic rings. The van der Waals surface area contributed by atoms with Crippen LogP contribution in [0.3, 0.4) is 0 Å². The van der Waals surface area contributed by atoms with E-state index < -0.39 is 0 Å². The molecule has 0 unspecified atom stereocenters. The van der Waals surface area contributed by atoms with Gasteiger partial charge in [-0.1, -0.05) is 0 Å². The van der Waals surface area contributed by atoms with Gasteiger partial charge in [-0.3, -0.25) is 5.10 Å². The van der Waals surface area contributed by atoms with Crippen LogP contribution < -0.4 is 15.0 Å². The lowest BCUT2D eigenvalue weighted by molar-refractivity contribution is 0.418. The van der Waals surface area contributed by atoms with Crippen LogP contribution in [0.15, 0.2) is 11.4 Å². The van der Waals surface area contributed by atoms with Crippen molar-refractivity contribution in [2.24, 2.45) is 0 Å². The van der Waals surface area contributed by atoms with E-state index in [1.54, 1.807) is 18.4 Å². The number of anilines is 1. The average molecular weight is 279 g/mol. The zero-order chi connectivity index (χ0) is 13.2. The molecule has 2 N–H and O–H groups in total. The normalized spacial score (nSPS) is 19.7. The summed E-state index contributed by atoms with van der Waals surface area (Å²) >= 11 is 1.60. The average Bonchev–Trinajstić information content (AvgIpc) is 3.07. The lowest BCUT2D eigenvalue weighted by Crippen LogP contribution is -2.49. The van der Waals surface area contributed by atoms with Crippen molar-refractivity contribution in [3.8, 4) is 16.5 Å². The molecule has 1 aliphatic heterocycles. The molecule has 0 spiro atoms. The predicted molar refractivity (Wildman–Crippen MR) is 75.9 cm³/mol. The van der Waals surface area contributed by atoms with Gasteiger partial charge in [0, 0.05) is 25.7 Å². The van der Waals surface area contributed by atoms with Gasteiger partial charge >= 0.3 is 0 Å². The van der Waals surface area contributed by atoms with E-state index in [1.165, 1.54) is 0 Å². The van der Waals surface area contributed by atoms with Crippen LogP contribution in [0.25, 0.3) is 10.7 Å². The molecule has 0 saturated carbocycles. The quantitative estimate of drug-likeness (QED) is 0.887. The van der Waals surface area contributed by atoms with Crippen LogP contribution in [-0.4, -0.2) is 48.0 Å². The van der Waals surface area contributed by atoms with Gasteiger partial charge in [0.1, 0.15) is 10.6 Å². The van der Waals surface area contributed by atoms with Gasteiger partial charge < -0.3 is 15.0 Å². The summed E-state index contributed by atoms with van der Waals surface area (Å²) in [5.41, 5.74) is 0. The molecule has 102 valence electrons. The molecule has 0 amide bonds. The fourth-order valence-corrected chi connectivity index (χ4v) is 3.04. The number of thiophene rings is 1. The number of rotatable bonds is 3. The fraction of sp³-hybridized carbons (Fsp3) is 0.500. The van der Waals surface area contributed by atoms with E-state index in [0.29, 0.717) is 6.04 Å². The topological polar surface area (TPSA) is 66.1 Å². The van der Waals surface area contributed by atoms with E-state index >= 15 is 0 Å². The van der Waals surface area contributed by atoms with Crippen molar-refractivity contribution in [3.05, 3.63) is 11.4 Å². The second-order valence-corrected chi connectivity index (χ2v) is 5.52. The minimum Gasteiger partial charge on any atom is -0.495 e. The monoisotopic (exact) mass is 279 g/mol. The van der Waals surface area contributed by atoms with Crippen LogP contribution in [0.5, 0.6) is 5.75 Å². The molecular weight excluding hydrogens is 262 g/mol. The number of ether oxygens (including phenoxy) is 1. The van der Waals surface area contributed by atoms with Crippen LogP contribution >= 0.6 is 11.3 Å². The van der Waals surface area contributed by atoms with E-state index in [-0.39, 0.29) is 0 Å². The smallest absolute Gasteiger partial charge is 0.245 e. The molecule has 7 heteroatoms. The third kappa shape index (κ3) is 2.43. The SMILES string of the molecule is COc1ccsc1-c1nc(N2CCN[C@@H](C)C2)n[nH]1. The summed E-state index contributed by atoms with van der Waals surface area (Å²) in [5.74, 6) is 2.37. The minimum atomic E-state index is 0.465. The van der Waals surface area contributed by atoms with Crippen LogP contribution in [0.2, 0.25) is 0 Å². The van der Waals surface area contributed by atoms with Gasteiger partial charge in [0.15, 0.2) is 5.82 Å². The van der Waals surface area contributed by atoms with Crippen molar-refractivity contribution in [2.75, 3.05) is 31.6 Å². The van der Waals surface area contributed by atoms with Gasteiger partial charge in [-0.25, -0.2) is 0 Å². The van der Waals surface area contributed by atoms with Crippen molar-refractivity contribution in [2.45, 2.75) is 13.0 Å². The highest BCUT2D eigenvalue weighted by Gasteiger charge is 2.20. The highest BCUT2D eigenvalue weighted by molar-refractivity contribution is 7.13. The summed E-state index contributed by atoms with van der Waals surface area (Å²) in [6.07, 6.45) is 0. The number of H-pyrrole nitrogens is 1. The minimum absolute atomic E-state index is 0.465. The summed E-state index contributed by atoms with van der Waals surface area (Å²) in [4.78, 5) is 7.77. The number of methoxy groups -OCH3 is 1. The summed E-state index contributed by atoms with van der Waals surface area (Å²) < 4.78 is 5.31.